The van der Waals surface area contributed by atoms with Crippen LogP contribution in [-0.2, 0) is 0 Å². The first-order valence-electron chi connectivity index (χ1n) is 6.87. The maximum atomic E-state index is 9.34. The Bertz CT molecular complexity index is 1370. The van der Waals surface area contributed by atoms with Gasteiger partial charge in [-0.1, -0.05) is 0 Å². The van der Waals surface area contributed by atoms with Crippen LogP contribution < -0.4 is 10.7 Å². The monoisotopic (exact) mass is 432 g/mol. The molecule has 0 saturated carbocycles. The van der Waals surface area contributed by atoms with Gasteiger partial charge in [-0.2, -0.15) is 41.6 Å². The molecule has 0 atom stereocenters. The number of hydrogen-bond donors (Lipinski definition) is 0. The third kappa shape index (κ3) is 2.92. The first kappa shape index (κ1) is 18.9. The lowest BCUT2D eigenvalue weighted by atomic mass is 10.3. The predicted octanol–water partition coefficient (Wildman–Crippen LogP) is 3.05. The summed E-state index contributed by atoms with van der Waals surface area (Å²) in [5.41, 5.74) is 0. The van der Waals surface area contributed by atoms with E-state index in [1.165, 1.54) is 0 Å². The van der Waals surface area contributed by atoms with E-state index in [9.17, 15) is 21.0 Å². The average Bonchev–Trinajstić information content (AvgIpc) is 2.73. The molecule has 28 heavy (non-hydrogen) atoms. The van der Waals surface area contributed by atoms with Crippen molar-refractivity contribution in [3.8, 4) is 36.7 Å². The molecule has 0 aliphatic carbocycles. The largest absolute Gasteiger partial charge is 0.206 e. The number of nitrogens with zero attached hydrogens (tertiary/aromatic N) is 8. The van der Waals surface area contributed by atoms with Crippen LogP contribution in [0.15, 0.2) is 9.98 Å². The molecule has 3 aromatic rings. The molecule has 0 radical (unpaired) electrons. The van der Waals surface area contributed by atoms with Crippen molar-refractivity contribution in [1.29, 1.82) is 31.6 Å². The summed E-state index contributed by atoms with van der Waals surface area (Å²) >= 11 is 3.84. The minimum Gasteiger partial charge on any atom is -0.191 e. The van der Waals surface area contributed by atoms with Crippen molar-refractivity contribution < 1.29 is 0 Å². The van der Waals surface area contributed by atoms with Crippen molar-refractivity contribution in [3.63, 3.8) is 0 Å². The highest BCUT2D eigenvalue weighted by molar-refractivity contribution is 7.32. The minimum absolute atomic E-state index is 0.138. The van der Waals surface area contributed by atoms with Gasteiger partial charge in [0.2, 0.25) is 12.4 Å². The Balaban J connectivity index is 2.85. The fourth-order valence-corrected chi connectivity index (χ4v) is 6.62. The minimum atomic E-state index is 0.138. The Morgan fingerprint density at radius 2 is 0.714 bits per heavy atom. The maximum absolute atomic E-state index is 9.34. The van der Waals surface area contributed by atoms with Crippen LogP contribution in [0, 0.1) is 68.2 Å². The molecule has 0 amide bonds. The smallest absolute Gasteiger partial charge is 0.191 e. The highest BCUT2D eigenvalue weighted by Crippen LogP contribution is 2.32. The first-order valence-corrected chi connectivity index (χ1v) is 10.1. The van der Waals surface area contributed by atoms with Gasteiger partial charge in [0, 0.05) is 0 Å². The van der Waals surface area contributed by atoms with Crippen molar-refractivity contribution in [1.82, 2.24) is 0 Å². The van der Waals surface area contributed by atoms with E-state index in [1.807, 2.05) is 24.3 Å². The van der Waals surface area contributed by atoms with E-state index in [0.29, 0.717) is 18.8 Å². The number of nitriles is 6. The van der Waals surface area contributed by atoms with E-state index in [1.54, 1.807) is 12.4 Å². The van der Waals surface area contributed by atoms with E-state index < -0.39 is 0 Å². The quantitative estimate of drug-likeness (QED) is 0.390. The average molecular weight is 433 g/mol. The molecule has 0 aliphatic rings. The van der Waals surface area contributed by atoms with Crippen molar-refractivity contribution in [2.24, 2.45) is 9.98 Å². The predicted molar refractivity (Wildman–Crippen MR) is 103 cm³/mol. The summed E-state index contributed by atoms with van der Waals surface area (Å²) < 4.78 is 1.61. The summed E-state index contributed by atoms with van der Waals surface area (Å²) in [6.45, 7) is 0. The van der Waals surface area contributed by atoms with Crippen LogP contribution in [0.5, 0.6) is 0 Å². The first-order chi connectivity index (χ1) is 13.6. The van der Waals surface area contributed by atoms with Gasteiger partial charge in [-0.3, -0.25) is 0 Å². The molecule has 0 aliphatic heterocycles. The lowest BCUT2D eigenvalue weighted by Crippen LogP contribution is -2.13. The molecule has 0 saturated heterocycles. The lowest BCUT2D eigenvalue weighted by molar-refractivity contribution is 1.36. The third-order valence-corrected chi connectivity index (χ3v) is 8.15. The fourth-order valence-electron chi connectivity index (χ4n) is 2.21. The van der Waals surface area contributed by atoms with Crippen LogP contribution in [0.4, 0.5) is 0 Å². The molecule has 128 valence electrons. The topological polar surface area (TPSA) is 167 Å². The van der Waals surface area contributed by atoms with Crippen molar-refractivity contribution in [2.45, 2.75) is 0 Å². The second-order valence-electron chi connectivity index (χ2n) is 4.61. The Morgan fingerprint density at radius 3 is 0.893 bits per heavy atom. The summed E-state index contributed by atoms with van der Waals surface area (Å²) in [4.78, 5) is 8.27. The zero-order valence-corrected chi connectivity index (χ0v) is 16.5. The fraction of sp³-hybridized carbons (Fsp3) is 0. The van der Waals surface area contributed by atoms with Crippen LogP contribution in [0.3, 0.4) is 0 Å². The van der Waals surface area contributed by atoms with Gasteiger partial charge in [0.25, 0.3) is 0 Å². The van der Waals surface area contributed by atoms with E-state index in [4.69, 9.17) is 10.5 Å². The van der Waals surface area contributed by atoms with Crippen molar-refractivity contribution in [3.05, 3.63) is 30.2 Å². The summed E-state index contributed by atoms with van der Waals surface area (Å²) in [6.07, 6.45) is 3.42. The summed E-state index contributed by atoms with van der Waals surface area (Å²) in [5, 5.41) is 56.1. The van der Waals surface area contributed by atoms with Gasteiger partial charge < -0.3 is 0 Å². The lowest BCUT2D eigenvalue weighted by Gasteiger charge is -2.05. The van der Waals surface area contributed by atoms with Crippen LogP contribution in [0.25, 0.3) is 18.8 Å². The zero-order chi connectivity index (χ0) is 20.3. The Hall–Kier alpha value is -3.88. The molecule has 0 spiro atoms. The molecule has 0 fully saturated rings. The molecule has 0 N–H and O–H groups in total. The van der Waals surface area contributed by atoms with Crippen LogP contribution in [-0.4, -0.2) is 0 Å². The molecule has 0 unspecified atom stereocenters. The van der Waals surface area contributed by atoms with Crippen LogP contribution in [0.1, 0.15) is 19.5 Å². The number of rotatable bonds is 0. The molecular formula is C16N8S4. The Labute approximate surface area is 172 Å². The molecule has 0 bridgehead atoms. The zero-order valence-electron chi connectivity index (χ0n) is 13.2. The number of hydrogen-bond acceptors (Lipinski definition) is 12. The molecule has 2 aromatic heterocycles. The van der Waals surface area contributed by atoms with Gasteiger partial charge in [0.1, 0.15) is 54.5 Å². The normalized spacial score (nSPS) is 9.21. The second-order valence-corrected chi connectivity index (χ2v) is 8.69. The number of benzene rings is 1. The van der Waals surface area contributed by atoms with Crippen LogP contribution in [0.2, 0.25) is 0 Å². The highest BCUT2D eigenvalue weighted by atomic mass is 32.1. The standard InChI is InChI=1S/C16N8S4/c17-1-7-8(2-18)26-14-12(24-6-22)16-15(11(23-5-21)13(14)25-7)27-9(3-19)10(4-20)28-16. The van der Waals surface area contributed by atoms with Gasteiger partial charge >= 0.3 is 0 Å². The molecular weight excluding hydrogens is 433 g/mol. The van der Waals surface area contributed by atoms with Gasteiger partial charge in [0.05, 0.1) is 18.8 Å². The summed E-state index contributed by atoms with van der Waals surface area (Å²) in [5.74, 6) is 0. The summed E-state index contributed by atoms with van der Waals surface area (Å²) in [7, 11) is 0. The second kappa shape index (κ2) is 7.78. The molecule has 3 rings (SSSR count). The van der Waals surface area contributed by atoms with E-state index >= 15 is 0 Å². The molecule has 2 heterocycles. The molecule has 12 heteroatoms. The van der Waals surface area contributed by atoms with Crippen LogP contribution >= 0.6 is 45.3 Å². The van der Waals surface area contributed by atoms with E-state index in [0.717, 1.165) is 45.3 Å². The van der Waals surface area contributed by atoms with Crippen molar-refractivity contribution in [2.75, 3.05) is 0 Å². The molecule has 8 nitrogen and oxygen atoms in total. The van der Waals surface area contributed by atoms with Crippen molar-refractivity contribution >= 4 is 64.1 Å². The Kier molecular flexibility index (Phi) is 5.25. The maximum Gasteiger partial charge on any atom is 0.206 e. The third-order valence-electron chi connectivity index (χ3n) is 3.23. The van der Waals surface area contributed by atoms with Gasteiger partial charge in [-0.15, -0.1) is 45.3 Å². The van der Waals surface area contributed by atoms with Gasteiger partial charge in [-0.25, -0.2) is 0 Å². The SMILES string of the molecule is N#CN=c1c2sc(C#N)c(C#N)sc2c(=NC#N)c2sc(C#N)c(C#N)sc12. The van der Waals surface area contributed by atoms with Gasteiger partial charge in [0.15, 0.2) is 0 Å². The van der Waals surface area contributed by atoms with Gasteiger partial charge in [-0.05, 0) is 0 Å². The molecule has 1 aromatic carbocycles. The van der Waals surface area contributed by atoms with E-state index in [2.05, 4.69) is 9.98 Å². The number of fused-ring (bicyclic) bond motifs is 2. The Morgan fingerprint density at radius 1 is 0.464 bits per heavy atom. The summed E-state index contributed by atoms with van der Waals surface area (Å²) in [6, 6.07) is 7.78. The highest BCUT2D eigenvalue weighted by Gasteiger charge is 2.18. The van der Waals surface area contributed by atoms with E-state index in [-0.39, 0.29) is 30.2 Å².